The van der Waals surface area contributed by atoms with Crippen molar-refractivity contribution in [3.05, 3.63) is 72.5 Å². The second-order valence-electron chi connectivity index (χ2n) is 5.01. The molecule has 0 bridgehead atoms. The first-order chi connectivity index (χ1) is 11.8. The monoisotopic (exact) mass is 337 g/mol. The maximum Gasteiger partial charge on any atom is 0.250 e. The van der Waals surface area contributed by atoms with Gasteiger partial charge in [0.1, 0.15) is 10.8 Å². The average molecular weight is 337 g/mol. The fourth-order valence-corrected chi connectivity index (χ4v) is 2.97. The van der Waals surface area contributed by atoms with E-state index in [4.69, 9.17) is 0 Å². The minimum absolute atomic E-state index is 0.286. The number of rotatable bonds is 4. The summed E-state index contributed by atoms with van der Waals surface area (Å²) in [6.07, 6.45) is 0. The van der Waals surface area contributed by atoms with Gasteiger partial charge in [-0.1, -0.05) is 30.0 Å². The molecule has 118 valence electrons. The second kappa shape index (κ2) is 6.29. The van der Waals surface area contributed by atoms with Crippen LogP contribution in [0.3, 0.4) is 0 Å². The Kier molecular flexibility index (Phi) is 3.84. The summed E-state index contributed by atoms with van der Waals surface area (Å²) in [4.78, 5) is 1.10. The highest BCUT2D eigenvalue weighted by Gasteiger charge is 2.09. The molecule has 2 heterocycles. The molecule has 0 atom stereocenters. The Hall–Kier alpha value is -2.93. The third-order valence-corrected chi connectivity index (χ3v) is 4.24. The van der Waals surface area contributed by atoms with E-state index < -0.39 is 0 Å². The summed E-state index contributed by atoms with van der Waals surface area (Å²) >= 11 is 1.56. The highest BCUT2D eigenvalue weighted by atomic mass is 32.2. The number of hydrogen-bond donors (Lipinski definition) is 1. The molecule has 0 aliphatic heterocycles. The Morgan fingerprint density at radius 1 is 0.875 bits per heavy atom. The highest BCUT2D eigenvalue weighted by molar-refractivity contribution is 7.99. The lowest BCUT2D eigenvalue weighted by molar-refractivity contribution is 0.628. The van der Waals surface area contributed by atoms with Crippen LogP contribution in [0.4, 0.5) is 16.0 Å². The Bertz CT molecular complexity index is 969. The molecule has 0 unspecified atom stereocenters. The maximum atomic E-state index is 13.0. The Labute approximate surface area is 141 Å². The standard InChI is InChI=1S/C17H12FN5S/c18-12-6-8-13(9-7-12)19-17-21-20-15-10-11-16(22-23(15)17)24-14-4-2-1-3-5-14/h1-11H,(H,19,21). The molecule has 4 aromatic rings. The zero-order valence-corrected chi connectivity index (χ0v) is 13.2. The van der Waals surface area contributed by atoms with Gasteiger partial charge in [-0.15, -0.1) is 10.2 Å². The van der Waals surface area contributed by atoms with Crippen molar-refractivity contribution in [2.45, 2.75) is 9.92 Å². The van der Waals surface area contributed by atoms with Crippen molar-refractivity contribution >= 4 is 29.0 Å². The van der Waals surface area contributed by atoms with Crippen LogP contribution in [0, 0.1) is 5.82 Å². The van der Waals surface area contributed by atoms with Crippen LogP contribution >= 0.6 is 11.8 Å². The van der Waals surface area contributed by atoms with E-state index in [1.54, 1.807) is 28.4 Å². The van der Waals surface area contributed by atoms with E-state index in [1.807, 2.05) is 42.5 Å². The van der Waals surface area contributed by atoms with Crippen molar-refractivity contribution in [1.29, 1.82) is 0 Å². The van der Waals surface area contributed by atoms with E-state index in [2.05, 4.69) is 20.6 Å². The lowest BCUT2D eigenvalue weighted by Gasteiger charge is -2.05. The molecule has 2 aromatic heterocycles. The summed E-state index contributed by atoms with van der Waals surface area (Å²) < 4.78 is 14.6. The topological polar surface area (TPSA) is 55.1 Å². The van der Waals surface area contributed by atoms with Crippen LogP contribution in [-0.4, -0.2) is 19.8 Å². The second-order valence-corrected chi connectivity index (χ2v) is 6.11. The molecule has 2 aromatic carbocycles. The Balaban J connectivity index is 1.64. The SMILES string of the molecule is Fc1ccc(Nc2nnc3ccc(Sc4ccccc4)nn23)cc1. The van der Waals surface area contributed by atoms with Crippen molar-refractivity contribution < 1.29 is 4.39 Å². The summed E-state index contributed by atoms with van der Waals surface area (Å²) in [5.74, 6) is 0.193. The van der Waals surface area contributed by atoms with Crippen LogP contribution in [0.5, 0.6) is 0 Å². The number of halogens is 1. The van der Waals surface area contributed by atoms with E-state index in [0.29, 0.717) is 17.3 Å². The number of aromatic nitrogens is 4. The lowest BCUT2D eigenvalue weighted by atomic mass is 10.3. The third kappa shape index (κ3) is 3.07. The first-order valence-corrected chi connectivity index (χ1v) is 8.07. The molecule has 0 saturated heterocycles. The number of nitrogens with zero attached hydrogens (tertiary/aromatic N) is 4. The Morgan fingerprint density at radius 2 is 1.67 bits per heavy atom. The van der Waals surface area contributed by atoms with Gasteiger partial charge in [-0.3, -0.25) is 0 Å². The third-order valence-electron chi connectivity index (χ3n) is 3.30. The molecule has 0 radical (unpaired) electrons. The summed E-state index contributed by atoms with van der Waals surface area (Å²) in [5.41, 5.74) is 1.35. The van der Waals surface area contributed by atoms with E-state index in [0.717, 1.165) is 9.92 Å². The van der Waals surface area contributed by atoms with E-state index in [1.165, 1.54) is 12.1 Å². The van der Waals surface area contributed by atoms with Crippen LogP contribution in [0.25, 0.3) is 5.65 Å². The zero-order valence-electron chi connectivity index (χ0n) is 12.4. The lowest BCUT2D eigenvalue weighted by Crippen LogP contribution is -2.00. The molecule has 5 nitrogen and oxygen atoms in total. The molecule has 24 heavy (non-hydrogen) atoms. The van der Waals surface area contributed by atoms with Gasteiger partial charge in [-0.25, -0.2) is 4.39 Å². The molecule has 0 amide bonds. The summed E-state index contributed by atoms with van der Waals surface area (Å²) in [6, 6.07) is 19.8. The van der Waals surface area contributed by atoms with Crippen LogP contribution in [-0.2, 0) is 0 Å². The highest BCUT2D eigenvalue weighted by Crippen LogP contribution is 2.26. The van der Waals surface area contributed by atoms with Gasteiger partial charge in [-0.05, 0) is 48.5 Å². The molecular weight excluding hydrogens is 325 g/mol. The molecule has 1 N–H and O–H groups in total. The van der Waals surface area contributed by atoms with Crippen LogP contribution in [0.15, 0.2) is 76.7 Å². The van der Waals surface area contributed by atoms with Gasteiger partial charge in [0.05, 0.1) is 0 Å². The maximum absolute atomic E-state index is 13.0. The smallest absolute Gasteiger partial charge is 0.250 e. The molecule has 0 spiro atoms. The largest absolute Gasteiger partial charge is 0.323 e. The molecule has 0 aliphatic rings. The molecule has 7 heteroatoms. The van der Waals surface area contributed by atoms with E-state index in [9.17, 15) is 4.39 Å². The van der Waals surface area contributed by atoms with Crippen molar-refractivity contribution in [1.82, 2.24) is 19.8 Å². The molecule has 0 aliphatic carbocycles. The van der Waals surface area contributed by atoms with Gasteiger partial charge >= 0.3 is 0 Å². The number of hydrogen-bond acceptors (Lipinski definition) is 5. The summed E-state index contributed by atoms with van der Waals surface area (Å²) in [5, 5.41) is 16.7. The van der Waals surface area contributed by atoms with Gasteiger partial charge in [0.2, 0.25) is 5.95 Å². The average Bonchev–Trinajstić information content (AvgIpc) is 3.00. The molecule has 0 fully saturated rings. The molecule has 0 saturated carbocycles. The number of benzene rings is 2. The number of anilines is 2. The number of nitrogens with one attached hydrogen (secondary N) is 1. The fraction of sp³-hybridized carbons (Fsp3) is 0. The first kappa shape index (κ1) is 14.6. The van der Waals surface area contributed by atoms with Gasteiger partial charge < -0.3 is 5.32 Å². The number of fused-ring (bicyclic) bond motifs is 1. The van der Waals surface area contributed by atoms with Gasteiger partial charge in [-0.2, -0.15) is 9.61 Å². The van der Waals surface area contributed by atoms with E-state index in [-0.39, 0.29) is 5.82 Å². The zero-order chi connectivity index (χ0) is 16.4. The van der Waals surface area contributed by atoms with Gasteiger partial charge in [0, 0.05) is 10.6 Å². The minimum Gasteiger partial charge on any atom is -0.323 e. The molecule has 4 rings (SSSR count). The van der Waals surface area contributed by atoms with Crippen molar-refractivity contribution in [2.75, 3.05) is 5.32 Å². The summed E-state index contributed by atoms with van der Waals surface area (Å²) in [6.45, 7) is 0. The predicted octanol–water partition coefficient (Wildman–Crippen LogP) is 4.16. The van der Waals surface area contributed by atoms with Gasteiger partial charge in [0.15, 0.2) is 5.65 Å². The van der Waals surface area contributed by atoms with Crippen LogP contribution in [0.1, 0.15) is 0 Å². The molecular formula is C17H12FN5S. The first-order valence-electron chi connectivity index (χ1n) is 7.26. The fourth-order valence-electron chi connectivity index (χ4n) is 2.18. The van der Waals surface area contributed by atoms with Gasteiger partial charge in [0.25, 0.3) is 0 Å². The minimum atomic E-state index is -0.286. The van der Waals surface area contributed by atoms with Crippen molar-refractivity contribution in [2.24, 2.45) is 0 Å². The van der Waals surface area contributed by atoms with E-state index >= 15 is 0 Å². The Morgan fingerprint density at radius 3 is 2.46 bits per heavy atom. The quantitative estimate of drug-likeness (QED) is 0.606. The van der Waals surface area contributed by atoms with Crippen LogP contribution in [0.2, 0.25) is 0 Å². The van der Waals surface area contributed by atoms with Crippen molar-refractivity contribution in [3.8, 4) is 0 Å². The van der Waals surface area contributed by atoms with Crippen LogP contribution < -0.4 is 5.32 Å². The van der Waals surface area contributed by atoms with Crippen molar-refractivity contribution in [3.63, 3.8) is 0 Å². The predicted molar refractivity (Wildman–Crippen MR) is 91.0 cm³/mol. The normalized spacial score (nSPS) is 10.9. The summed E-state index contributed by atoms with van der Waals surface area (Å²) in [7, 11) is 0.